The molecule has 0 rings (SSSR count). The summed E-state index contributed by atoms with van der Waals surface area (Å²) in [6, 6.07) is 0. The second-order valence-electron chi connectivity index (χ2n) is 0.914. The normalized spacial score (nSPS) is 13.7. The molecule has 0 fully saturated rings. The molecule has 0 aromatic rings. The predicted molar refractivity (Wildman–Crippen MR) is 20.9 cm³/mol. The number of alkyl halides is 1. The van der Waals surface area contributed by atoms with Crippen LogP contribution in [0.4, 0.5) is 4.39 Å². The molecular formula is C4H6FO. The molecule has 0 heterocycles. The third-order valence-electron chi connectivity index (χ3n) is 0.448. The van der Waals surface area contributed by atoms with E-state index in [0.29, 0.717) is 0 Å². The molecule has 0 aliphatic carbocycles. The fourth-order valence-corrected chi connectivity index (χ4v) is 0.0786. The monoisotopic (exact) mass is 89.0 g/mol. The maximum Gasteiger partial charge on any atom is 0.158 e. The fourth-order valence-electron chi connectivity index (χ4n) is 0.0786. The summed E-state index contributed by atoms with van der Waals surface area (Å²) in [5, 5.41) is 0. The molecule has 6 heavy (non-hydrogen) atoms. The molecule has 0 bridgehead atoms. The van der Waals surface area contributed by atoms with Crippen LogP contribution in [0, 0.1) is 6.42 Å². The first-order valence-electron chi connectivity index (χ1n) is 1.70. The third kappa shape index (κ3) is 1.88. The molecule has 1 unspecified atom stereocenters. The van der Waals surface area contributed by atoms with E-state index in [0.717, 1.165) is 0 Å². The lowest BCUT2D eigenvalue weighted by Gasteiger charge is -1.84. The lowest BCUT2D eigenvalue weighted by Crippen LogP contribution is -1.97. The highest BCUT2D eigenvalue weighted by molar-refractivity contribution is 5.57. The van der Waals surface area contributed by atoms with Crippen molar-refractivity contribution in [3.05, 3.63) is 6.42 Å². The van der Waals surface area contributed by atoms with Gasteiger partial charge in [-0.15, -0.1) is 0 Å². The van der Waals surface area contributed by atoms with Crippen molar-refractivity contribution in [2.24, 2.45) is 0 Å². The Kier molecular flexibility index (Phi) is 2.63. The van der Waals surface area contributed by atoms with Crippen LogP contribution in [0.2, 0.25) is 0 Å². The molecule has 2 heteroatoms. The highest BCUT2D eigenvalue weighted by Crippen LogP contribution is 1.86. The van der Waals surface area contributed by atoms with Crippen LogP contribution in [-0.2, 0) is 4.79 Å². The van der Waals surface area contributed by atoms with Gasteiger partial charge in [-0.1, -0.05) is 6.92 Å². The third-order valence-corrected chi connectivity index (χ3v) is 0.448. The number of rotatable bonds is 2. The van der Waals surface area contributed by atoms with Gasteiger partial charge < -0.3 is 4.79 Å². The minimum atomic E-state index is -1.37. The topological polar surface area (TPSA) is 17.1 Å². The Labute approximate surface area is 36.2 Å². The largest absolute Gasteiger partial charge is 0.300 e. The van der Waals surface area contributed by atoms with Gasteiger partial charge in [0.1, 0.15) is 0 Å². The Balaban J connectivity index is 2.96. The van der Waals surface area contributed by atoms with E-state index >= 15 is 0 Å². The maximum absolute atomic E-state index is 11.4. The number of aldehydes is 1. The Morgan fingerprint density at radius 1 is 1.83 bits per heavy atom. The molecule has 0 aliphatic rings. The first-order valence-corrected chi connectivity index (χ1v) is 1.70. The van der Waals surface area contributed by atoms with Crippen LogP contribution in [0.3, 0.4) is 0 Å². The number of hydrogen-bond donors (Lipinski definition) is 0. The summed E-state index contributed by atoms with van der Waals surface area (Å²) in [7, 11) is 0. The van der Waals surface area contributed by atoms with E-state index in [4.69, 9.17) is 0 Å². The van der Waals surface area contributed by atoms with E-state index in [1.807, 2.05) is 0 Å². The van der Waals surface area contributed by atoms with Gasteiger partial charge in [0.2, 0.25) is 0 Å². The molecule has 1 nitrogen and oxygen atoms in total. The second-order valence-corrected chi connectivity index (χ2v) is 0.914. The molecule has 0 spiro atoms. The zero-order valence-corrected chi connectivity index (χ0v) is 3.52. The maximum atomic E-state index is 11.4. The van der Waals surface area contributed by atoms with Crippen LogP contribution in [0.1, 0.15) is 6.92 Å². The summed E-state index contributed by atoms with van der Waals surface area (Å²) in [6.45, 7) is 1.50. The predicted octanol–water partition coefficient (Wildman–Crippen LogP) is 0.748. The van der Waals surface area contributed by atoms with Gasteiger partial charge in [0.25, 0.3) is 0 Å². The summed E-state index contributed by atoms with van der Waals surface area (Å²) >= 11 is 0. The number of carbonyl (C=O) groups excluding carboxylic acids is 1. The fraction of sp³-hybridized carbons (Fsp3) is 0.500. The van der Waals surface area contributed by atoms with Crippen molar-refractivity contribution in [3.63, 3.8) is 0 Å². The van der Waals surface area contributed by atoms with E-state index in [1.165, 1.54) is 13.3 Å². The SMILES string of the molecule is C[CH]C(F)C=O. The van der Waals surface area contributed by atoms with Crippen molar-refractivity contribution in [2.45, 2.75) is 13.1 Å². The molecule has 0 aromatic carbocycles. The lowest BCUT2D eigenvalue weighted by atomic mass is 10.3. The number of carbonyl (C=O) groups is 1. The summed E-state index contributed by atoms with van der Waals surface area (Å²) < 4.78 is 11.4. The Morgan fingerprint density at radius 2 is 2.33 bits per heavy atom. The van der Waals surface area contributed by atoms with Gasteiger partial charge in [-0.05, 0) is 6.42 Å². The molecule has 0 aliphatic heterocycles. The van der Waals surface area contributed by atoms with Gasteiger partial charge in [-0.2, -0.15) is 0 Å². The van der Waals surface area contributed by atoms with Crippen molar-refractivity contribution in [2.75, 3.05) is 0 Å². The summed E-state index contributed by atoms with van der Waals surface area (Å²) in [4.78, 5) is 9.33. The van der Waals surface area contributed by atoms with Crippen LogP contribution in [0.25, 0.3) is 0 Å². The molecule has 1 radical (unpaired) electrons. The highest BCUT2D eigenvalue weighted by Gasteiger charge is 1.95. The van der Waals surface area contributed by atoms with Crippen LogP contribution >= 0.6 is 0 Å². The summed E-state index contributed by atoms with van der Waals surface area (Å²) in [5.41, 5.74) is 0. The average Bonchev–Trinajstić information content (AvgIpc) is 1.65. The molecule has 1 atom stereocenters. The molecule has 0 saturated heterocycles. The van der Waals surface area contributed by atoms with Crippen molar-refractivity contribution >= 4 is 6.29 Å². The van der Waals surface area contributed by atoms with Gasteiger partial charge in [-0.25, -0.2) is 4.39 Å². The Morgan fingerprint density at radius 3 is 2.33 bits per heavy atom. The van der Waals surface area contributed by atoms with Gasteiger partial charge in [0.05, 0.1) is 0 Å². The summed E-state index contributed by atoms with van der Waals surface area (Å²) in [5.74, 6) is 0. The standard InChI is InChI=1S/C4H6FO/c1-2-4(5)3-6/h2-4H,1H3. The highest BCUT2D eigenvalue weighted by atomic mass is 19.1. The van der Waals surface area contributed by atoms with Crippen LogP contribution in [-0.4, -0.2) is 12.5 Å². The van der Waals surface area contributed by atoms with Crippen molar-refractivity contribution in [1.29, 1.82) is 0 Å². The van der Waals surface area contributed by atoms with Gasteiger partial charge in [0, 0.05) is 0 Å². The van der Waals surface area contributed by atoms with E-state index < -0.39 is 6.17 Å². The van der Waals surface area contributed by atoms with E-state index in [2.05, 4.69) is 0 Å². The Bertz CT molecular complexity index is 44.8. The average molecular weight is 89.1 g/mol. The minimum absolute atomic E-state index is 0.250. The van der Waals surface area contributed by atoms with Crippen molar-refractivity contribution < 1.29 is 9.18 Å². The Hall–Kier alpha value is -0.400. The van der Waals surface area contributed by atoms with Crippen LogP contribution in [0.15, 0.2) is 0 Å². The number of hydrogen-bond acceptors (Lipinski definition) is 1. The quantitative estimate of drug-likeness (QED) is 0.456. The van der Waals surface area contributed by atoms with E-state index in [1.54, 1.807) is 0 Å². The van der Waals surface area contributed by atoms with E-state index in [9.17, 15) is 9.18 Å². The molecule has 35 valence electrons. The van der Waals surface area contributed by atoms with Gasteiger partial charge in [-0.3, -0.25) is 0 Å². The smallest absolute Gasteiger partial charge is 0.158 e. The van der Waals surface area contributed by atoms with Gasteiger partial charge >= 0.3 is 0 Å². The minimum Gasteiger partial charge on any atom is -0.300 e. The molecule has 0 N–H and O–H groups in total. The van der Waals surface area contributed by atoms with Crippen molar-refractivity contribution in [1.82, 2.24) is 0 Å². The van der Waals surface area contributed by atoms with Crippen LogP contribution in [0.5, 0.6) is 0 Å². The first kappa shape index (κ1) is 5.60. The lowest BCUT2D eigenvalue weighted by molar-refractivity contribution is -0.110. The number of halogens is 1. The molecular weight excluding hydrogens is 83.0 g/mol. The second kappa shape index (κ2) is 2.82. The summed E-state index contributed by atoms with van der Waals surface area (Å²) in [6.07, 6.45) is 0.0671. The van der Waals surface area contributed by atoms with Crippen molar-refractivity contribution in [3.8, 4) is 0 Å². The molecule has 0 aromatic heterocycles. The molecule has 0 amide bonds. The van der Waals surface area contributed by atoms with Gasteiger partial charge in [0.15, 0.2) is 12.5 Å². The van der Waals surface area contributed by atoms with E-state index in [-0.39, 0.29) is 6.29 Å². The molecule has 0 saturated carbocycles. The zero-order valence-electron chi connectivity index (χ0n) is 3.52. The zero-order chi connectivity index (χ0) is 4.99. The van der Waals surface area contributed by atoms with Crippen LogP contribution < -0.4 is 0 Å². The first-order chi connectivity index (χ1) is 2.81.